The Morgan fingerprint density at radius 1 is 1.60 bits per heavy atom. The third kappa shape index (κ3) is 4.18. The summed E-state index contributed by atoms with van der Waals surface area (Å²) in [5, 5.41) is 6.29. The van der Waals surface area contributed by atoms with Gasteiger partial charge in [-0.25, -0.2) is 0 Å². The van der Waals surface area contributed by atoms with E-state index in [0.29, 0.717) is 6.04 Å². The Balaban J connectivity index is 2.11. The molecular weight excluding hydrogens is 190 g/mol. The van der Waals surface area contributed by atoms with Gasteiger partial charge in [-0.15, -0.1) is 0 Å². The molecule has 0 aliphatic carbocycles. The number of carbonyl (C=O) groups is 1. The number of hydrogen-bond acceptors (Lipinski definition) is 3. The second-order valence-electron chi connectivity index (χ2n) is 4.64. The van der Waals surface area contributed by atoms with E-state index < -0.39 is 0 Å². The molecule has 4 heteroatoms. The van der Waals surface area contributed by atoms with Crippen molar-refractivity contribution in [2.45, 2.75) is 45.2 Å². The maximum Gasteiger partial charge on any atom is 0.237 e. The molecule has 1 aliphatic heterocycles. The van der Waals surface area contributed by atoms with Gasteiger partial charge in [0.1, 0.15) is 0 Å². The summed E-state index contributed by atoms with van der Waals surface area (Å²) in [6.45, 7) is 5.77. The van der Waals surface area contributed by atoms with Gasteiger partial charge in [-0.2, -0.15) is 0 Å². The van der Waals surface area contributed by atoms with Crippen LogP contribution in [0.2, 0.25) is 0 Å². The highest BCUT2D eigenvalue weighted by Crippen LogP contribution is 2.07. The van der Waals surface area contributed by atoms with E-state index in [0.717, 1.165) is 19.5 Å². The summed E-state index contributed by atoms with van der Waals surface area (Å²) in [5.41, 5.74) is 5.73. The number of hydrogen-bond donors (Lipinski definition) is 3. The number of rotatable bonds is 5. The Morgan fingerprint density at radius 2 is 2.33 bits per heavy atom. The number of nitrogens with two attached hydrogens (primary N) is 1. The lowest BCUT2D eigenvalue weighted by Gasteiger charge is -2.16. The molecule has 0 saturated carbocycles. The topological polar surface area (TPSA) is 67.2 Å². The molecule has 0 spiro atoms. The summed E-state index contributed by atoms with van der Waals surface area (Å²) >= 11 is 0. The predicted octanol–water partition coefficient (Wildman–Crippen LogP) is 0.228. The second-order valence-corrected chi connectivity index (χ2v) is 4.64. The van der Waals surface area contributed by atoms with Crippen LogP contribution >= 0.6 is 0 Å². The van der Waals surface area contributed by atoms with E-state index in [2.05, 4.69) is 10.6 Å². The van der Waals surface area contributed by atoms with Crippen molar-refractivity contribution in [2.24, 2.45) is 11.7 Å². The third-order valence-electron chi connectivity index (χ3n) is 2.98. The van der Waals surface area contributed by atoms with E-state index in [1.54, 1.807) is 0 Å². The fourth-order valence-corrected chi connectivity index (χ4v) is 1.79. The number of amides is 1. The fourth-order valence-electron chi connectivity index (χ4n) is 1.79. The summed E-state index contributed by atoms with van der Waals surface area (Å²) in [6.07, 6.45) is 3.49. The molecule has 1 rings (SSSR count). The van der Waals surface area contributed by atoms with Gasteiger partial charge in [0.25, 0.3) is 0 Å². The van der Waals surface area contributed by atoms with Crippen LogP contribution in [0.15, 0.2) is 0 Å². The quantitative estimate of drug-likeness (QED) is 0.612. The second kappa shape index (κ2) is 6.08. The van der Waals surface area contributed by atoms with E-state index >= 15 is 0 Å². The normalized spacial score (nSPS) is 23.1. The largest absolute Gasteiger partial charge is 0.355 e. The summed E-state index contributed by atoms with van der Waals surface area (Å²) in [6, 6.07) is 0.210. The van der Waals surface area contributed by atoms with Gasteiger partial charge in [0.2, 0.25) is 5.91 Å². The van der Waals surface area contributed by atoms with Gasteiger partial charge < -0.3 is 16.4 Å². The Hall–Kier alpha value is -0.610. The lowest BCUT2D eigenvalue weighted by atomic mass is 10.0. The molecule has 4 N–H and O–H groups in total. The van der Waals surface area contributed by atoms with Crippen molar-refractivity contribution in [2.75, 3.05) is 13.1 Å². The van der Waals surface area contributed by atoms with Crippen LogP contribution in [0.4, 0.5) is 0 Å². The first-order valence-corrected chi connectivity index (χ1v) is 5.88. The zero-order valence-electron chi connectivity index (χ0n) is 9.75. The Morgan fingerprint density at radius 3 is 2.87 bits per heavy atom. The van der Waals surface area contributed by atoms with Gasteiger partial charge in [-0.05, 0) is 31.7 Å². The minimum Gasteiger partial charge on any atom is -0.355 e. The highest BCUT2D eigenvalue weighted by molar-refractivity contribution is 5.81. The van der Waals surface area contributed by atoms with Crippen molar-refractivity contribution >= 4 is 5.91 Å². The Labute approximate surface area is 92.0 Å². The summed E-state index contributed by atoms with van der Waals surface area (Å²) < 4.78 is 0. The molecule has 0 radical (unpaired) electrons. The molecule has 1 heterocycles. The van der Waals surface area contributed by atoms with E-state index in [1.165, 1.54) is 12.8 Å². The van der Waals surface area contributed by atoms with Gasteiger partial charge in [-0.1, -0.05) is 13.8 Å². The SMILES string of the molecule is CC(C)[C@H](N)C(=O)NCC[C@H]1CCCN1. The lowest BCUT2D eigenvalue weighted by molar-refractivity contribution is -0.123. The maximum atomic E-state index is 11.5. The highest BCUT2D eigenvalue weighted by atomic mass is 16.2. The molecular formula is C11H23N3O. The molecule has 1 amide bonds. The first-order chi connectivity index (χ1) is 7.11. The van der Waals surface area contributed by atoms with Gasteiger partial charge in [0.15, 0.2) is 0 Å². The third-order valence-corrected chi connectivity index (χ3v) is 2.98. The Bertz CT molecular complexity index is 200. The van der Waals surface area contributed by atoms with Crippen LogP contribution in [0.1, 0.15) is 33.1 Å². The summed E-state index contributed by atoms with van der Waals surface area (Å²) in [7, 11) is 0. The van der Waals surface area contributed by atoms with Crippen molar-refractivity contribution in [1.82, 2.24) is 10.6 Å². The first kappa shape index (κ1) is 12.5. The maximum absolute atomic E-state index is 11.5. The average Bonchev–Trinajstić information content (AvgIpc) is 2.69. The molecule has 0 aromatic heterocycles. The van der Waals surface area contributed by atoms with Crippen LogP contribution in [-0.4, -0.2) is 31.1 Å². The molecule has 2 atom stereocenters. The predicted molar refractivity (Wildman–Crippen MR) is 61.5 cm³/mol. The lowest BCUT2D eigenvalue weighted by Crippen LogP contribution is -2.44. The molecule has 1 aliphatic rings. The monoisotopic (exact) mass is 213 g/mol. The van der Waals surface area contributed by atoms with Crippen LogP contribution < -0.4 is 16.4 Å². The van der Waals surface area contributed by atoms with Crippen molar-refractivity contribution in [3.63, 3.8) is 0 Å². The van der Waals surface area contributed by atoms with Crippen molar-refractivity contribution in [3.05, 3.63) is 0 Å². The molecule has 0 aromatic rings. The van der Waals surface area contributed by atoms with Crippen LogP contribution in [0.5, 0.6) is 0 Å². The summed E-state index contributed by atoms with van der Waals surface area (Å²) in [5.74, 6) is 0.178. The van der Waals surface area contributed by atoms with Crippen LogP contribution in [-0.2, 0) is 4.79 Å². The minimum absolute atomic E-state index is 0.0250. The summed E-state index contributed by atoms with van der Waals surface area (Å²) in [4.78, 5) is 11.5. The fraction of sp³-hybridized carbons (Fsp3) is 0.909. The van der Waals surface area contributed by atoms with Crippen molar-refractivity contribution in [1.29, 1.82) is 0 Å². The van der Waals surface area contributed by atoms with Crippen molar-refractivity contribution < 1.29 is 4.79 Å². The van der Waals surface area contributed by atoms with E-state index in [9.17, 15) is 4.79 Å². The molecule has 0 unspecified atom stereocenters. The van der Waals surface area contributed by atoms with E-state index in [-0.39, 0.29) is 17.9 Å². The minimum atomic E-state index is -0.374. The molecule has 0 bridgehead atoms. The molecule has 88 valence electrons. The standard InChI is InChI=1S/C11H23N3O/c1-8(2)10(12)11(15)14-7-5-9-4-3-6-13-9/h8-10,13H,3-7,12H2,1-2H3,(H,14,15)/t9-,10+/m1/s1. The first-order valence-electron chi connectivity index (χ1n) is 5.88. The molecule has 1 saturated heterocycles. The van der Waals surface area contributed by atoms with E-state index in [4.69, 9.17) is 5.73 Å². The highest BCUT2D eigenvalue weighted by Gasteiger charge is 2.18. The van der Waals surface area contributed by atoms with E-state index in [1.807, 2.05) is 13.8 Å². The van der Waals surface area contributed by atoms with Gasteiger partial charge >= 0.3 is 0 Å². The molecule has 1 fully saturated rings. The molecule has 0 aromatic carbocycles. The van der Waals surface area contributed by atoms with Gasteiger partial charge in [-0.3, -0.25) is 4.79 Å². The average molecular weight is 213 g/mol. The van der Waals surface area contributed by atoms with Crippen LogP contribution in [0.3, 0.4) is 0 Å². The zero-order valence-corrected chi connectivity index (χ0v) is 9.75. The van der Waals surface area contributed by atoms with Crippen molar-refractivity contribution in [3.8, 4) is 0 Å². The van der Waals surface area contributed by atoms with Gasteiger partial charge in [0.05, 0.1) is 6.04 Å². The smallest absolute Gasteiger partial charge is 0.237 e. The molecule has 15 heavy (non-hydrogen) atoms. The number of nitrogens with one attached hydrogen (secondary N) is 2. The molecule has 4 nitrogen and oxygen atoms in total. The van der Waals surface area contributed by atoms with Crippen LogP contribution in [0.25, 0.3) is 0 Å². The van der Waals surface area contributed by atoms with Crippen LogP contribution in [0, 0.1) is 5.92 Å². The Kier molecular flexibility index (Phi) is 5.05. The number of carbonyl (C=O) groups excluding carboxylic acids is 1. The van der Waals surface area contributed by atoms with Gasteiger partial charge in [0, 0.05) is 12.6 Å². The zero-order chi connectivity index (χ0) is 11.3.